The van der Waals surface area contributed by atoms with Gasteiger partial charge in [-0.25, -0.2) is 0 Å². The van der Waals surface area contributed by atoms with E-state index in [1.54, 1.807) is 0 Å². The van der Waals surface area contributed by atoms with Crippen molar-refractivity contribution in [3.63, 3.8) is 0 Å². The van der Waals surface area contributed by atoms with E-state index in [2.05, 4.69) is 43.0 Å². The Labute approximate surface area is 103 Å². The van der Waals surface area contributed by atoms with E-state index in [0.717, 1.165) is 13.1 Å². The average Bonchev–Trinajstić information content (AvgIpc) is 2.27. The van der Waals surface area contributed by atoms with Gasteiger partial charge in [0.15, 0.2) is 0 Å². The first kappa shape index (κ1) is 11.9. The van der Waals surface area contributed by atoms with Gasteiger partial charge in [-0.3, -0.25) is 4.90 Å². The lowest BCUT2D eigenvalue weighted by molar-refractivity contribution is 0.189. The molecule has 0 bridgehead atoms. The van der Waals surface area contributed by atoms with Crippen molar-refractivity contribution in [2.75, 3.05) is 13.1 Å². The maximum absolute atomic E-state index is 6.31. The molecule has 0 aromatic heterocycles. The molecule has 2 unspecified atom stereocenters. The molecule has 2 heteroatoms. The molecule has 1 aromatic carbocycles. The fourth-order valence-corrected chi connectivity index (χ4v) is 2.50. The molecule has 1 heterocycles. The van der Waals surface area contributed by atoms with Crippen LogP contribution in [0.3, 0.4) is 0 Å². The molecule has 0 radical (unpaired) electrons. The molecule has 0 aliphatic carbocycles. The summed E-state index contributed by atoms with van der Waals surface area (Å²) in [4.78, 5) is 2.46. The molecule has 16 heavy (non-hydrogen) atoms. The van der Waals surface area contributed by atoms with Crippen LogP contribution >= 0.6 is 11.6 Å². The standard InChI is InChI=1S/C14H20ClN/c1-11-3-5-13(6-4-11)9-16-8-7-12(2)14(15)10-16/h3-6,12,14H,7-10H2,1-2H3. The van der Waals surface area contributed by atoms with Crippen LogP contribution in [0.15, 0.2) is 24.3 Å². The van der Waals surface area contributed by atoms with Crippen molar-refractivity contribution < 1.29 is 0 Å². The quantitative estimate of drug-likeness (QED) is 0.713. The minimum atomic E-state index is 0.319. The zero-order valence-corrected chi connectivity index (χ0v) is 10.9. The van der Waals surface area contributed by atoms with Gasteiger partial charge in [-0.15, -0.1) is 11.6 Å². The Morgan fingerprint density at radius 3 is 2.62 bits per heavy atom. The lowest BCUT2D eigenvalue weighted by Crippen LogP contribution is -2.39. The fraction of sp³-hybridized carbons (Fsp3) is 0.571. The summed E-state index contributed by atoms with van der Waals surface area (Å²) >= 11 is 6.31. The van der Waals surface area contributed by atoms with Crippen LogP contribution < -0.4 is 0 Å². The molecule has 1 aliphatic heterocycles. The van der Waals surface area contributed by atoms with Crippen molar-refractivity contribution in [2.24, 2.45) is 5.92 Å². The minimum Gasteiger partial charge on any atom is -0.298 e. The molecular formula is C14H20ClN. The normalized spacial score (nSPS) is 26.9. The smallest absolute Gasteiger partial charge is 0.0489 e. The highest BCUT2D eigenvalue weighted by Gasteiger charge is 2.23. The highest BCUT2D eigenvalue weighted by atomic mass is 35.5. The molecule has 0 N–H and O–H groups in total. The lowest BCUT2D eigenvalue weighted by atomic mass is 9.98. The maximum atomic E-state index is 6.31. The number of nitrogens with zero attached hydrogens (tertiary/aromatic N) is 1. The van der Waals surface area contributed by atoms with Crippen LogP contribution in [-0.2, 0) is 6.54 Å². The van der Waals surface area contributed by atoms with E-state index in [0.29, 0.717) is 11.3 Å². The number of rotatable bonds is 2. The van der Waals surface area contributed by atoms with Crippen LogP contribution in [-0.4, -0.2) is 23.4 Å². The number of halogens is 1. The van der Waals surface area contributed by atoms with Gasteiger partial charge in [0, 0.05) is 18.5 Å². The molecule has 1 aliphatic rings. The van der Waals surface area contributed by atoms with Gasteiger partial charge in [-0.2, -0.15) is 0 Å². The van der Waals surface area contributed by atoms with Gasteiger partial charge in [0.2, 0.25) is 0 Å². The van der Waals surface area contributed by atoms with E-state index in [4.69, 9.17) is 11.6 Å². The maximum Gasteiger partial charge on any atom is 0.0489 e. The van der Waals surface area contributed by atoms with E-state index < -0.39 is 0 Å². The molecule has 1 nitrogen and oxygen atoms in total. The molecule has 88 valence electrons. The largest absolute Gasteiger partial charge is 0.298 e. The molecule has 0 saturated carbocycles. The molecule has 1 fully saturated rings. The fourth-order valence-electron chi connectivity index (χ4n) is 2.18. The Kier molecular flexibility index (Phi) is 3.88. The minimum absolute atomic E-state index is 0.319. The predicted molar refractivity (Wildman–Crippen MR) is 69.9 cm³/mol. The summed E-state index contributed by atoms with van der Waals surface area (Å²) in [6, 6.07) is 8.80. The van der Waals surface area contributed by atoms with Crippen molar-refractivity contribution in [2.45, 2.75) is 32.2 Å². The summed E-state index contributed by atoms with van der Waals surface area (Å²) in [7, 11) is 0. The van der Waals surface area contributed by atoms with Crippen LogP contribution in [0.2, 0.25) is 0 Å². The average molecular weight is 238 g/mol. The van der Waals surface area contributed by atoms with Crippen molar-refractivity contribution in [3.8, 4) is 0 Å². The van der Waals surface area contributed by atoms with Gasteiger partial charge in [0.1, 0.15) is 0 Å². The summed E-state index contributed by atoms with van der Waals surface area (Å²) < 4.78 is 0. The van der Waals surface area contributed by atoms with Crippen LogP contribution in [0.25, 0.3) is 0 Å². The van der Waals surface area contributed by atoms with Crippen LogP contribution in [0.1, 0.15) is 24.5 Å². The highest BCUT2D eigenvalue weighted by Crippen LogP contribution is 2.23. The van der Waals surface area contributed by atoms with Gasteiger partial charge in [-0.05, 0) is 31.4 Å². The van der Waals surface area contributed by atoms with Crippen LogP contribution in [0.4, 0.5) is 0 Å². The molecule has 2 rings (SSSR count). The third kappa shape index (κ3) is 2.99. The van der Waals surface area contributed by atoms with Gasteiger partial charge < -0.3 is 0 Å². The second-order valence-electron chi connectivity index (χ2n) is 5.00. The number of piperidine rings is 1. The Balaban J connectivity index is 1.93. The summed E-state index contributed by atoms with van der Waals surface area (Å²) in [5, 5.41) is 0.319. The summed E-state index contributed by atoms with van der Waals surface area (Å²) in [6.07, 6.45) is 1.22. The molecule has 1 aromatic rings. The van der Waals surface area contributed by atoms with E-state index in [1.165, 1.54) is 24.1 Å². The van der Waals surface area contributed by atoms with Crippen LogP contribution in [0, 0.1) is 12.8 Å². The van der Waals surface area contributed by atoms with Gasteiger partial charge in [0.25, 0.3) is 0 Å². The van der Waals surface area contributed by atoms with E-state index in [1.807, 2.05) is 0 Å². The Hall–Kier alpha value is -0.530. The number of likely N-dealkylation sites (tertiary alicyclic amines) is 1. The summed E-state index contributed by atoms with van der Waals surface area (Å²) in [6.45, 7) is 7.62. The van der Waals surface area contributed by atoms with E-state index >= 15 is 0 Å². The topological polar surface area (TPSA) is 3.24 Å². The third-order valence-corrected chi connectivity index (χ3v) is 4.05. The van der Waals surface area contributed by atoms with Gasteiger partial charge >= 0.3 is 0 Å². The second kappa shape index (κ2) is 5.20. The first-order chi connectivity index (χ1) is 7.65. The van der Waals surface area contributed by atoms with Gasteiger partial charge in [-0.1, -0.05) is 36.8 Å². The molecule has 2 atom stereocenters. The Morgan fingerprint density at radius 2 is 2.00 bits per heavy atom. The van der Waals surface area contributed by atoms with Crippen LogP contribution in [0.5, 0.6) is 0 Å². The monoisotopic (exact) mass is 237 g/mol. The molecule has 0 spiro atoms. The zero-order chi connectivity index (χ0) is 11.5. The van der Waals surface area contributed by atoms with Crippen molar-refractivity contribution >= 4 is 11.6 Å². The van der Waals surface area contributed by atoms with Gasteiger partial charge in [0.05, 0.1) is 0 Å². The third-order valence-electron chi connectivity index (χ3n) is 3.48. The first-order valence-corrected chi connectivity index (χ1v) is 6.51. The molecule has 1 saturated heterocycles. The zero-order valence-electron chi connectivity index (χ0n) is 10.1. The van der Waals surface area contributed by atoms with Crippen molar-refractivity contribution in [1.82, 2.24) is 4.90 Å². The second-order valence-corrected chi connectivity index (χ2v) is 5.56. The summed E-state index contributed by atoms with van der Waals surface area (Å²) in [5.74, 6) is 0.663. The summed E-state index contributed by atoms with van der Waals surface area (Å²) in [5.41, 5.74) is 2.72. The molecular weight excluding hydrogens is 218 g/mol. The highest BCUT2D eigenvalue weighted by molar-refractivity contribution is 6.21. The first-order valence-electron chi connectivity index (χ1n) is 6.07. The van der Waals surface area contributed by atoms with Crippen molar-refractivity contribution in [1.29, 1.82) is 0 Å². The SMILES string of the molecule is Cc1ccc(CN2CCC(C)C(Cl)C2)cc1. The number of hydrogen-bond donors (Lipinski definition) is 0. The number of hydrogen-bond acceptors (Lipinski definition) is 1. The van der Waals surface area contributed by atoms with E-state index in [-0.39, 0.29) is 0 Å². The Bertz CT molecular complexity index is 333. The van der Waals surface area contributed by atoms with E-state index in [9.17, 15) is 0 Å². The number of aryl methyl sites for hydroxylation is 1. The van der Waals surface area contributed by atoms with Crippen molar-refractivity contribution in [3.05, 3.63) is 35.4 Å². The Morgan fingerprint density at radius 1 is 1.31 bits per heavy atom. The predicted octanol–water partition coefficient (Wildman–Crippen LogP) is 3.44. The molecule has 0 amide bonds. The number of alkyl halides is 1. The lowest BCUT2D eigenvalue weighted by Gasteiger charge is -2.33. The number of benzene rings is 1.